The molecule has 0 unspecified atom stereocenters. The first-order valence-corrected chi connectivity index (χ1v) is 10.6. The summed E-state index contributed by atoms with van der Waals surface area (Å²) in [5.41, 5.74) is 0.927. The van der Waals surface area contributed by atoms with Crippen LogP contribution in [0.4, 0.5) is 0 Å². The lowest BCUT2D eigenvalue weighted by molar-refractivity contribution is -0.141. The standard InChI is InChI=1S/C18H26N2O6S/c1-24-10-17(21)20-8-7-19(14-11-27(22,23)12-15(14)20)9-13-5-4-6-16(25-2)18(13)26-3/h4-6,14-15H,7-12H2,1-3H3/t14-,15+/m0/s1. The Hall–Kier alpha value is -1.84. The number of ether oxygens (including phenoxy) is 3. The van der Waals surface area contributed by atoms with Gasteiger partial charge in [0.2, 0.25) is 5.91 Å². The zero-order valence-corrected chi connectivity index (χ0v) is 16.7. The third-order valence-corrected chi connectivity index (χ3v) is 6.94. The molecule has 2 fully saturated rings. The molecule has 2 heterocycles. The largest absolute Gasteiger partial charge is 0.493 e. The van der Waals surface area contributed by atoms with E-state index in [4.69, 9.17) is 14.2 Å². The Labute approximate surface area is 159 Å². The Morgan fingerprint density at radius 1 is 1.11 bits per heavy atom. The van der Waals surface area contributed by atoms with Gasteiger partial charge in [-0.1, -0.05) is 12.1 Å². The fraction of sp³-hybridized carbons (Fsp3) is 0.611. The van der Waals surface area contributed by atoms with Crippen molar-refractivity contribution in [1.29, 1.82) is 0 Å². The van der Waals surface area contributed by atoms with Gasteiger partial charge in [-0.25, -0.2) is 8.42 Å². The molecule has 8 nitrogen and oxygen atoms in total. The third kappa shape index (κ3) is 4.04. The summed E-state index contributed by atoms with van der Waals surface area (Å²) in [6, 6.07) is 5.08. The van der Waals surface area contributed by atoms with E-state index in [9.17, 15) is 13.2 Å². The van der Waals surface area contributed by atoms with E-state index in [1.54, 1.807) is 19.1 Å². The predicted molar refractivity (Wildman–Crippen MR) is 99.8 cm³/mol. The number of hydrogen-bond donors (Lipinski definition) is 0. The maximum atomic E-state index is 12.4. The van der Waals surface area contributed by atoms with Crippen LogP contribution in [-0.4, -0.2) is 88.7 Å². The van der Waals surface area contributed by atoms with Crippen molar-refractivity contribution in [2.75, 3.05) is 52.5 Å². The van der Waals surface area contributed by atoms with Gasteiger partial charge in [0.05, 0.1) is 31.8 Å². The van der Waals surface area contributed by atoms with Gasteiger partial charge < -0.3 is 19.1 Å². The van der Waals surface area contributed by atoms with E-state index in [0.717, 1.165) is 5.56 Å². The van der Waals surface area contributed by atoms with Crippen LogP contribution < -0.4 is 9.47 Å². The second-order valence-electron chi connectivity index (χ2n) is 6.85. The van der Waals surface area contributed by atoms with Gasteiger partial charge in [0, 0.05) is 38.3 Å². The predicted octanol–water partition coefficient (Wildman–Crippen LogP) is 0.160. The van der Waals surface area contributed by atoms with Crippen molar-refractivity contribution in [3.8, 4) is 11.5 Å². The Kier molecular flexibility index (Phi) is 5.92. The summed E-state index contributed by atoms with van der Waals surface area (Å²) in [6.07, 6.45) is 0. The zero-order chi connectivity index (χ0) is 19.6. The van der Waals surface area contributed by atoms with E-state index in [1.165, 1.54) is 7.11 Å². The molecule has 2 aliphatic heterocycles. The van der Waals surface area contributed by atoms with Crippen LogP contribution >= 0.6 is 0 Å². The molecule has 2 saturated heterocycles. The first-order chi connectivity index (χ1) is 12.9. The summed E-state index contributed by atoms with van der Waals surface area (Å²) < 4.78 is 40.4. The molecule has 0 bridgehead atoms. The van der Waals surface area contributed by atoms with E-state index in [2.05, 4.69) is 4.90 Å². The average molecular weight is 398 g/mol. The van der Waals surface area contributed by atoms with Gasteiger partial charge in [-0.05, 0) is 6.07 Å². The molecule has 1 aromatic rings. The van der Waals surface area contributed by atoms with Crippen LogP contribution in [0.2, 0.25) is 0 Å². The normalized spacial score (nSPS) is 24.5. The van der Waals surface area contributed by atoms with E-state index in [1.807, 2.05) is 18.2 Å². The summed E-state index contributed by atoms with van der Waals surface area (Å²) in [7, 11) is 1.44. The summed E-state index contributed by atoms with van der Waals surface area (Å²) in [5, 5.41) is 0. The molecular weight excluding hydrogens is 372 g/mol. The third-order valence-electron chi connectivity index (χ3n) is 5.24. The van der Waals surface area contributed by atoms with Crippen molar-refractivity contribution >= 4 is 15.7 Å². The molecule has 2 atom stereocenters. The highest BCUT2D eigenvalue weighted by atomic mass is 32.2. The molecular formula is C18H26N2O6S. The van der Waals surface area contributed by atoms with Crippen LogP contribution in [-0.2, 0) is 25.9 Å². The summed E-state index contributed by atoms with van der Waals surface area (Å²) in [6.45, 7) is 1.56. The molecule has 150 valence electrons. The number of benzene rings is 1. The fourth-order valence-corrected chi connectivity index (χ4v) is 6.05. The molecule has 27 heavy (non-hydrogen) atoms. The SMILES string of the molecule is COCC(=O)N1CCN(Cc2cccc(OC)c2OC)[C@H]2CS(=O)(=O)C[C@H]21. The molecule has 0 aliphatic carbocycles. The topological polar surface area (TPSA) is 85.4 Å². The highest BCUT2D eigenvalue weighted by molar-refractivity contribution is 7.91. The van der Waals surface area contributed by atoms with E-state index in [-0.39, 0.29) is 36.1 Å². The van der Waals surface area contributed by atoms with Gasteiger partial charge in [-0.3, -0.25) is 9.69 Å². The van der Waals surface area contributed by atoms with Gasteiger partial charge in [-0.15, -0.1) is 0 Å². The number of piperazine rings is 1. The lowest BCUT2D eigenvalue weighted by atomic mass is 10.0. The van der Waals surface area contributed by atoms with E-state index in [0.29, 0.717) is 31.1 Å². The van der Waals surface area contributed by atoms with Crippen molar-refractivity contribution in [1.82, 2.24) is 9.80 Å². The molecule has 9 heteroatoms. The van der Waals surface area contributed by atoms with Crippen LogP contribution in [0.25, 0.3) is 0 Å². The molecule has 1 amide bonds. The average Bonchev–Trinajstić information content (AvgIpc) is 2.97. The Morgan fingerprint density at radius 2 is 1.85 bits per heavy atom. The second-order valence-corrected chi connectivity index (χ2v) is 9.01. The van der Waals surface area contributed by atoms with Gasteiger partial charge in [0.25, 0.3) is 0 Å². The molecule has 1 aromatic carbocycles. The molecule has 0 N–H and O–H groups in total. The second kappa shape index (κ2) is 8.04. The monoisotopic (exact) mass is 398 g/mol. The number of amides is 1. The maximum Gasteiger partial charge on any atom is 0.248 e. The molecule has 0 aromatic heterocycles. The molecule has 0 saturated carbocycles. The van der Waals surface area contributed by atoms with Crippen LogP contribution in [0.15, 0.2) is 18.2 Å². The van der Waals surface area contributed by atoms with Crippen LogP contribution in [0, 0.1) is 0 Å². The highest BCUT2D eigenvalue weighted by Gasteiger charge is 2.47. The quantitative estimate of drug-likeness (QED) is 0.675. The number of rotatable bonds is 6. The highest BCUT2D eigenvalue weighted by Crippen LogP contribution is 2.34. The molecule has 0 radical (unpaired) electrons. The van der Waals surface area contributed by atoms with E-state index < -0.39 is 9.84 Å². The van der Waals surface area contributed by atoms with E-state index >= 15 is 0 Å². The summed E-state index contributed by atoms with van der Waals surface area (Å²) in [4.78, 5) is 16.1. The van der Waals surface area contributed by atoms with Crippen molar-refractivity contribution < 1.29 is 27.4 Å². The number of sulfone groups is 1. The zero-order valence-electron chi connectivity index (χ0n) is 15.9. The minimum atomic E-state index is -3.20. The van der Waals surface area contributed by atoms with Crippen molar-refractivity contribution in [3.05, 3.63) is 23.8 Å². The van der Waals surface area contributed by atoms with Crippen LogP contribution in [0.3, 0.4) is 0 Å². The number of hydrogen-bond acceptors (Lipinski definition) is 7. The van der Waals surface area contributed by atoms with Gasteiger partial charge in [0.15, 0.2) is 21.3 Å². The smallest absolute Gasteiger partial charge is 0.248 e. The number of carbonyl (C=O) groups is 1. The minimum absolute atomic E-state index is 0.00112. The van der Waals surface area contributed by atoms with Crippen LogP contribution in [0.1, 0.15) is 5.56 Å². The van der Waals surface area contributed by atoms with Crippen molar-refractivity contribution in [3.63, 3.8) is 0 Å². The molecule has 3 rings (SSSR count). The Morgan fingerprint density at radius 3 is 2.52 bits per heavy atom. The number of para-hydroxylation sites is 1. The first-order valence-electron chi connectivity index (χ1n) is 8.83. The van der Waals surface area contributed by atoms with Gasteiger partial charge in [0.1, 0.15) is 6.61 Å². The van der Waals surface area contributed by atoms with Crippen molar-refractivity contribution in [2.45, 2.75) is 18.6 Å². The number of nitrogens with zero attached hydrogens (tertiary/aromatic N) is 2. The molecule has 0 spiro atoms. The first kappa shape index (κ1) is 19.9. The summed E-state index contributed by atoms with van der Waals surface area (Å²) in [5.74, 6) is 1.18. The maximum absolute atomic E-state index is 12.4. The lowest BCUT2D eigenvalue weighted by Gasteiger charge is -2.44. The fourth-order valence-electron chi connectivity index (χ4n) is 4.03. The Balaban J connectivity index is 1.85. The Bertz CT molecular complexity index is 797. The molecule has 2 aliphatic rings. The summed E-state index contributed by atoms with van der Waals surface area (Å²) >= 11 is 0. The van der Waals surface area contributed by atoms with Crippen LogP contribution in [0.5, 0.6) is 11.5 Å². The van der Waals surface area contributed by atoms with Gasteiger partial charge >= 0.3 is 0 Å². The number of carbonyl (C=O) groups excluding carboxylic acids is 1. The lowest BCUT2D eigenvalue weighted by Crippen LogP contribution is -2.60. The number of fused-ring (bicyclic) bond motifs is 1. The van der Waals surface area contributed by atoms with Crippen molar-refractivity contribution in [2.24, 2.45) is 0 Å². The minimum Gasteiger partial charge on any atom is -0.493 e. The van der Waals surface area contributed by atoms with Gasteiger partial charge in [-0.2, -0.15) is 0 Å². The number of methoxy groups -OCH3 is 3.